The van der Waals surface area contributed by atoms with Crippen molar-refractivity contribution in [3.63, 3.8) is 0 Å². The Morgan fingerprint density at radius 1 is 1.43 bits per heavy atom. The average Bonchev–Trinajstić information content (AvgIpc) is 1.31. The lowest BCUT2D eigenvalue weighted by Crippen LogP contribution is -2.46. The second-order valence-corrected chi connectivity index (χ2v) is 14.8. The molecule has 0 fully saturated rings. The van der Waals surface area contributed by atoms with E-state index in [4.69, 9.17) is 0 Å². The molecule has 9 radical (unpaired) electrons. The van der Waals surface area contributed by atoms with Crippen molar-refractivity contribution in [3.05, 3.63) is 0 Å². The molecule has 0 aliphatic heterocycles. The lowest BCUT2D eigenvalue weighted by atomic mass is 10.9. The summed E-state index contributed by atoms with van der Waals surface area (Å²) >= 11 is 0. The number of hydrogen-bond donors (Lipinski definition) is 0. The van der Waals surface area contributed by atoms with Gasteiger partial charge in [0.1, 0.15) is 0 Å². The van der Waals surface area contributed by atoms with Crippen molar-refractivity contribution in [2.24, 2.45) is 0 Å². The molecule has 0 amide bonds. The summed E-state index contributed by atoms with van der Waals surface area (Å²) in [5.74, 6) is 0. The smallest absolute Gasteiger partial charge is 0.0984 e. The van der Waals surface area contributed by atoms with Crippen molar-refractivity contribution in [2.45, 2.75) is 6.92 Å². The van der Waals surface area contributed by atoms with Gasteiger partial charge in [-0.1, -0.05) is 0 Å². The van der Waals surface area contributed by atoms with Gasteiger partial charge in [0.15, 0.2) is 0 Å². The first-order valence-electron chi connectivity index (χ1n) is 1.70. The number of carbonyl (C=O) groups is 1. The second kappa shape index (κ2) is 2.20. The second-order valence-electron chi connectivity index (χ2n) is 1.31. The Balaban J connectivity index is 3.79. The topological polar surface area (TPSA) is 17.1 Å². The van der Waals surface area contributed by atoms with Gasteiger partial charge in [0.2, 0.25) is 0 Å². The van der Waals surface area contributed by atoms with Crippen molar-refractivity contribution in [2.75, 3.05) is 0 Å². The molecule has 0 heterocycles. The van der Waals surface area contributed by atoms with Crippen LogP contribution in [0.1, 0.15) is 6.92 Å². The van der Waals surface area contributed by atoms with E-state index in [-0.39, 0.29) is 5.41 Å². The lowest BCUT2D eigenvalue weighted by molar-refractivity contribution is -0.110. The molecule has 7 heavy (non-hydrogen) atoms. The minimum Gasteiger partial charge on any atom is -0.307 e. The van der Waals surface area contributed by atoms with E-state index < -0.39 is 6.63 Å². The van der Waals surface area contributed by atoms with Gasteiger partial charge in [-0.05, 0) is 6.92 Å². The van der Waals surface area contributed by atoms with Gasteiger partial charge in [0, 0.05) is 29.3 Å². The van der Waals surface area contributed by atoms with Gasteiger partial charge in [0.05, 0.1) is 12.0 Å². The number of hydrogen-bond acceptors (Lipinski definition) is 1. The van der Waals surface area contributed by atoms with Crippen LogP contribution in [0, 0.1) is 0 Å². The number of carbonyl (C=O) groups excluding carboxylic acids is 1. The Morgan fingerprint density at radius 2 is 1.57 bits per heavy atom. The van der Waals surface area contributed by atoms with Crippen LogP contribution < -0.4 is 0 Å². The SMILES string of the molecule is CC(=O)[Si]([Si])([Si])[Si]. The fourth-order valence-corrected chi connectivity index (χ4v) is 0. The normalized spacial score (nSPS) is 11.4. The van der Waals surface area contributed by atoms with Crippen LogP contribution in [0.25, 0.3) is 0 Å². The summed E-state index contributed by atoms with van der Waals surface area (Å²) in [5, 5.41) is 0.123. The predicted octanol–water partition coefficient (Wildman–Crippen LogP) is -1.44. The maximum absolute atomic E-state index is 10.4. The largest absolute Gasteiger partial charge is 0.307 e. The van der Waals surface area contributed by atoms with E-state index >= 15 is 0 Å². The Hall–Kier alpha value is 0.538. The molecule has 0 rings (SSSR count). The highest BCUT2D eigenvalue weighted by atomic mass is 29.8. The molecule has 0 spiro atoms. The Morgan fingerprint density at radius 3 is 1.57 bits per heavy atom. The molecular weight excluding hydrogens is 152 g/mol. The maximum Gasteiger partial charge on any atom is 0.0984 e. The van der Waals surface area contributed by atoms with Gasteiger partial charge in [-0.25, -0.2) is 0 Å². The molecule has 0 atom stereocenters. The van der Waals surface area contributed by atoms with Crippen LogP contribution in [0.2, 0.25) is 0 Å². The summed E-state index contributed by atoms with van der Waals surface area (Å²) in [7, 11) is 9.62. The highest BCUT2D eigenvalue weighted by molar-refractivity contribution is 7.70. The molecular formula is C2H3OSi4. The van der Waals surface area contributed by atoms with Crippen LogP contribution >= 0.6 is 0 Å². The molecule has 0 saturated heterocycles. The Bertz CT molecular complexity index is 82.2. The van der Waals surface area contributed by atoms with E-state index in [1.807, 2.05) is 0 Å². The van der Waals surface area contributed by atoms with Crippen LogP contribution in [0.5, 0.6) is 0 Å². The highest BCUT2D eigenvalue weighted by Gasteiger charge is 2.18. The van der Waals surface area contributed by atoms with Crippen molar-refractivity contribution < 1.29 is 4.79 Å². The summed E-state index contributed by atoms with van der Waals surface area (Å²) in [6.45, 7) is -0.430. The zero-order valence-corrected chi connectivity index (χ0v) is 7.91. The van der Waals surface area contributed by atoms with Gasteiger partial charge in [-0.15, -0.1) is 0 Å². The van der Waals surface area contributed by atoms with Crippen LogP contribution in [0.4, 0.5) is 0 Å². The van der Waals surface area contributed by atoms with Crippen molar-refractivity contribution in [1.82, 2.24) is 0 Å². The van der Waals surface area contributed by atoms with E-state index in [1.165, 1.54) is 6.92 Å². The third kappa shape index (κ3) is 3.15. The summed E-state index contributed by atoms with van der Waals surface area (Å²) in [4.78, 5) is 10.4. The molecule has 0 saturated carbocycles. The standard InChI is InChI=1S/C2H3OSi4/c1-2(3)7(4,5)6/h1H3. The van der Waals surface area contributed by atoms with E-state index in [9.17, 15) is 4.79 Å². The molecule has 0 bridgehead atoms. The molecule has 0 aromatic heterocycles. The van der Waals surface area contributed by atoms with Crippen LogP contribution in [-0.2, 0) is 4.79 Å². The summed E-state index contributed by atoms with van der Waals surface area (Å²) < 4.78 is 0. The molecule has 1 nitrogen and oxygen atoms in total. The van der Waals surface area contributed by atoms with Crippen molar-refractivity contribution in [3.8, 4) is 0 Å². The summed E-state index contributed by atoms with van der Waals surface area (Å²) in [6, 6.07) is 0. The summed E-state index contributed by atoms with van der Waals surface area (Å²) in [6.07, 6.45) is 0. The molecule has 0 N–H and O–H groups in total. The van der Waals surface area contributed by atoms with Crippen molar-refractivity contribution >= 4 is 41.3 Å². The van der Waals surface area contributed by atoms with E-state index in [0.29, 0.717) is 0 Å². The first-order valence-corrected chi connectivity index (χ1v) is 8.20. The van der Waals surface area contributed by atoms with Crippen molar-refractivity contribution in [1.29, 1.82) is 0 Å². The first-order chi connectivity index (χ1) is 2.94. The third-order valence-corrected chi connectivity index (χ3v) is 4.75. The fourth-order valence-electron chi connectivity index (χ4n) is 0. The molecule has 0 unspecified atom stereocenters. The van der Waals surface area contributed by atoms with Gasteiger partial charge in [-0.2, -0.15) is 0 Å². The molecule has 33 valence electrons. The van der Waals surface area contributed by atoms with Gasteiger partial charge >= 0.3 is 0 Å². The zero-order chi connectivity index (χ0) is 6.08. The van der Waals surface area contributed by atoms with Crippen LogP contribution in [0.15, 0.2) is 0 Å². The first kappa shape index (κ1) is 7.54. The van der Waals surface area contributed by atoms with E-state index in [0.717, 1.165) is 0 Å². The summed E-state index contributed by atoms with van der Waals surface area (Å²) in [5.41, 5.74) is 0. The quantitative estimate of drug-likeness (QED) is 0.424. The molecule has 0 aliphatic carbocycles. The molecule has 0 aromatic carbocycles. The Labute approximate surface area is 53.5 Å². The van der Waals surface area contributed by atoms with E-state index in [1.54, 1.807) is 0 Å². The molecule has 0 aromatic rings. The van der Waals surface area contributed by atoms with Crippen LogP contribution in [0.3, 0.4) is 0 Å². The monoisotopic (exact) mass is 155 g/mol. The third-order valence-electron chi connectivity index (χ3n) is 0.528. The van der Waals surface area contributed by atoms with Gasteiger partial charge in [-0.3, -0.25) is 0 Å². The Kier molecular flexibility index (Phi) is 2.37. The minimum atomic E-state index is -1.96. The average molecular weight is 155 g/mol. The fraction of sp³-hybridized carbons (Fsp3) is 0.500. The highest BCUT2D eigenvalue weighted by Crippen LogP contribution is 1.81. The predicted molar refractivity (Wildman–Crippen MR) is 33.7 cm³/mol. The molecule has 5 heteroatoms. The number of rotatable bonds is 1. The lowest BCUT2D eigenvalue weighted by Gasteiger charge is -2.07. The van der Waals surface area contributed by atoms with Crippen LogP contribution in [-0.4, -0.2) is 41.3 Å². The molecule has 0 aliphatic rings. The minimum absolute atomic E-state index is 0.123. The maximum atomic E-state index is 10.4. The van der Waals surface area contributed by atoms with Gasteiger partial charge in [0.25, 0.3) is 0 Å². The zero-order valence-electron chi connectivity index (χ0n) is 3.91. The van der Waals surface area contributed by atoms with E-state index in [2.05, 4.69) is 29.3 Å². The van der Waals surface area contributed by atoms with Gasteiger partial charge < -0.3 is 4.79 Å².